The quantitative estimate of drug-likeness (QED) is 0.412. The number of amides is 2. The number of anilines is 2. The summed E-state index contributed by atoms with van der Waals surface area (Å²) in [7, 11) is -2.09. The van der Waals surface area contributed by atoms with Crippen LogP contribution in [0.25, 0.3) is 0 Å². The molecule has 38 heavy (non-hydrogen) atoms. The molecule has 2 aromatic carbocycles. The number of carbonyl (C=O) groups is 2. The zero-order valence-corrected chi connectivity index (χ0v) is 22.9. The number of hydrogen-bond acceptors (Lipinski definition) is 6. The Bertz CT molecular complexity index is 1440. The van der Waals surface area contributed by atoms with Crippen LogP contribution in [0.1, 0.15) is 63.3 Å². The first-order valence-electron chi connectivity index (χ1n) is 12.9. The van der Waals surface area contributed by atoms with E-state index in [9.17, 15) is 18.0 Å². The van der Waals surface area contributed by atoms with Crippen LogP contribution in [0.15, 0.2) is 53.4 Å². The van der Waals surface area contributed by atoms with Gasteiger partial charge in [-0.3, -0.25) is 9.59 Å². The van der Waals surface area contributed by atoms with Gasteiger partial charge in [0.25, 0.3) is 11.8 Å². The Morgan fingerprint density at radius 2 is 1.63 bits per heavy atom. The van der Waals surface area contributed by atoms with Crippen molar-refractivity contribution < 1.29 is 22.7 Å². The number of hydrogen-bond donors (Lipinski definition) is 2. The molecule has 10 heteroatoms. The van der Waals surface area contributed by atoms with Crippen molar-refractivity contribution >= 4 is 43.9 Å². The third kappa shape index (κ3) is 5.48. The number of aryl methyl sites for hydroxylation is 1. The number of thiophene rings is 1. The molecule has 200 valence electrons. The first-order chi connectivity index (χ1) is 18.4. The molecular weight excluding hydrogens is 522 g/mol. The maximum Gasteiger partial charge on any atom is 0.258 e. The van der Waals surface area contributed by atoms with Crippen LogP contribution >= 0.6 is 11.3 Å². The molecule has 0 spiro atoms. The standard InChI is InChI=1S/C28H31N3O5S2/c1-36-21-14-12-20(13-15-21)29-27(33)25-23-10-3-4-11-24(23)37-28(25)30-26(32)19-8-7-9-22(18-19)38(34,35)31-16-5-2-6-17-31/h7-9,12-15,18H,2-6,10-11,16-17H2,1H3,(H,29,33)(H,30,32). The Balaban J connectivity index is 1.40. The summed E-state index contributed by atoms with van der Waals surface area (Å²) in [5.41, 5.74) is 2.31. The van der Waals surface area contributed by atoms with Crippen LogP contribution in [0.2, 0.25) is 0 Å². The fourth-order valence-electron chi connectivity index (χ4n) is 4.99. The highest BCUT2D eigenvalue weighted by atomic mass is 32.2. The van der Waals surface area contributed by atoms with E-state index in [2.05, 4.69) is 10.6 Å². The molecule has 2 amide bonds. The number of ether oxygens (including phenoxy) is 1. The predicted octanol–water partition coefficient (Wildman–Crippen LogP) is 5.31. The third-order valence-corrected chi connectivity index (χ3v) is 10.1. The molecule has 0 radical (unpaired) electrons. The highest BCUT2D eigenvalue weighted by Crippen LogP contribution is 2.39. The molecule has 1 saturated heterocycles. The minimum absolute atomic E-state index is 0.106. The van der Waals surface area contributed by atoms with E-state index >= 15 is 0 Å². The van der Waals surface area contributed by atoms with Gasteiger partial charge in [-0.1, -0.05) is 12.5 Å². The number of piperidine rings is 1. The van der Waals surface area contributed by atoms with Crippen LogP contribution < -0.4 is 15.4 Å². The van der Waals surface area contributed by atoms with Gasteiger partial charge < -0.3 is 15.4 Å². The van der Waals surface area contributed by atoms with E-state index in [1.54, 1.807) is 43.5 Å². The Labute approximate surface area is 227 Å². The molecule has 1 aliphatic carbocycles. The zero-order valence-electron chi connectivity index (χ0n) is 21.3. The molecule has 5 rings (SSSR count). The molecule has 0 unspecified atom stereocenters. The summed E-state index contributed by atoms with van der Waals surface area (Å²) >= 11 is 1.42. The number of nitrogens with one attached hydrogen (secondary N) is 2. The maximum absolute atomic E-state index is 13.4. The summed E-state index contributed by atoms with van der Waals surface area (Å²) in [5, 5.41) is 6.34. The van der Waals surface area contributed by atoms with Gasteiger partial charge in [0.15, 0.2) is 0 Å². The topological polar surface area (TPSA) is 105 Å². The van der Waals surface area contributed by atoms with Crippen LogP contribution in [0.5, 0.6) is 5.75 Å². The summed E-state index contributed by atoms with van der Waals surface area (Å²) in [6.07, 6.45) is 6.35. The summed E-state index contributed by atoms with van der Waals surface area (Å²) in [6, 6.07) is 13.2. The van der Waals surface area contributed by atoms with Gasteiger partial charge in [0.2, 0.25) is 10.0 Å². The highest BCUT2D eigenvalue weighted by molar-refractivity contribution is 7.89. The molecule has 0 atom stereocenters. The lowest BCUT2D eigenvalue weighted by atomic mass is 9.95. The molecule has 1 aromatic heterocycles. The van der Waals surface area contributed by atoms with Gasteiger partial charge in [-0.25, -0.2) is 8.42 Å². The lowest BCUT2D eigenvalue weighted by Crippen LogP contribution is -2.35. The van der Waals surface area contributed by atoms with Gasteiger partial charge in [0.1, 0.15) is 10.8 Å². The summed E-state index contributed by atoms with van der Waals surface area (Å²) in [5.74, 6) is -0.0440. The van der Waals surface area contributed by atoms with Gasteiger partial charge in [-0.15, -0.1) is 11.3 Å². The molecule has 2 aliphatic rings. The van der Waals surface area contributed by atoms with Crippen LogP contribution in [-0.4, -0.2) is 44.7 Å². The average Bonchev–Trinajstić information content (AvgIpc) is 3.32. The molecule has 2 heterocycles. The molecular formula is C28H31N3O5S2. The van der Waals surface area contributed by atoms with Gasteiger partial charge >= 0.3 is 0 Å². The number of rotatable bonds is 7. The SMILES string of the molecule is COc1ccc(NC(=O)c2c(NC(=O)c3cccc(S(=O)(=O)N4CCCCC4)c3)sc3c2CCCC3)cc1. The zero-order chi connectivity index (χ0) is 26.7. The lowest BCUT2D eigenvalue weighted by molar-refractivity contribution is 0.102. The fraction of sp³-hybridized carbons (Fsp3) is 0.357. The minimum atomic E-state index is -3.67. The van der Waals surface area contributed by atoms with E-state index in [1.807, 2.05) is 0 Å². The van der Waals surface area contributed by atoms with Crippen LogP contribution in [0, 0.1) is 0 Å². The molecule has 1 aliphatic heterocycles. The minimum Gasteiger partial charge on any atom is -0.497 e. The molecule has 0 bridgehead atoms. The van der Waals surface area contributed by atoms with Crippen molar-refractivity contribution in [3.05, 3.63) is 70.1 Å². The molecule has 3 aromatic rings. The van der Waals surface area contributed by atoms with Crippen LogP contribution in [0.4, 0.5) is 10.7 Å². The molecule has 2 N–H and O–H groups in total. The van der Waals surface area contributed by atoms with Crippen LogP contribution in [-0.2, 0) is 22.9 Å². The van der Waals surface area contributed by atoms with Gasteiger partial charge in [0.05, 0.1) is 17.6 Å². The molecule has 8 nitrogen and oxygen atoms in total. The van der Waals surface area contributed by atoms with Crippen molar-refractivity contribution in [1.29, 1.82) is 0 Å². The number of fused-ring (bicyclic) bond motifs is 1. The average molecular weight is 554 g/mol. The van der Waals surface area contributed by atoms with Crippen molar-refractivity contribution in [2.24, 2.45) is 0 Å². The molecule has 1 fully saturated rings. The van der Waals surface area contributed by atoms with E-state index in [0.29, 0.717) is 35.1 Å². The van der Waals surface area contributed by atoms with Gasteiger partial charge in [-0.05, 0) is 86.6 Å². The predicted molar refractivity (Wildman–Crippen MR) is 149 cm³/mol. The van der Waals surface area contributed by atoms with E-state index in [-0.39, 0.29) is 16.4 Å². The van der Waals surface area contributed by atoms with Gasteiger partial charge in [-0.2, -0.15) is 4.31 Å². The van der Waals surface area contributed by atoms with E-state index < -0.39 is 15.9 Å². The van der Waals surface area contributed by atoms with Crippen molar-refractivity contribution in [3.63, 3.8) is 0 Å². The monoisotopic (exact) mass is 553 g/mol. The van der Waals surface area contributed by atoms with E-state index in [4.69, 9.17) is 4.74 Å². The normalized spacial score (nSPS) is 15.9. The molecule has 0 saturated carbocycles. The second-order valence-electron chi connectivity index (χ2n) is 9.54. The number of sulfonamides is 1. The van der Waals surface area contributed by atoms with Gasteiger partial charge in [0, 0.05) is 29.2 Å². The van der Waals surface area contributed by atoms with Crippen molar-refractivity contribution in [1.82, 2.24) is 4.31 Å². The van der Waals surface area contributed by atoms with Crippen molar-refractivity contribution in [3.8, 4) is 5.75 Å². The third-order valence-electron chi connectivity index (χ3n) is 7.02. The first kappa shape index (κ1) is 26.4. The summed E-state index contributed by atoms with van der Waals surface area (Å²) in [6.45, 7) is 0.984. The number of carbonyl (C=O) groups excluding carboxylic acids is 2. The second kappa shape index (κ2) is 11.3. The lowest BCUT2D eigenvalue weighted by Gasteiger charge is -2.26. The second-order valence-corrected chi connectivity index (χ2v) is 12.6. The largest absolute Gasteiger partial charge is 0.497 e. The Morgan fingerprint density at radius 1 is 0.895 bits per heavy atom. The Kier molecular flexibility index (Phi) is 7.83. The van der Waals surface area contributed by atoms with E-state index in [0.717, 1.165) is 55.4 Å². The Hall–Kier alpha value is -3.21. The highest BCUT2D eigenvalue weighted by Gasteiger charge is 2.29. The smallest absolute Gasteiger partial charge is 0.258 e. The van der Waals surface area contributed by atoms with E-state index in [1.165, 1.54) is 27.8 Å². The Morgan fingerprint density at radius 3 is 2.37 bits per heavy atom. The first-order valence-corrected chi connectivity index (χ1v) is 15.1. The fourth-order valence-corrected chi connectivity index (χ4v) is 7.83. The van der Waals surface area contributed by atoms with Crippen molar-refractivity contribution in [2.75, 3.05) is 30.8 Å². The van der Waals surface area contributed by atoms with Crippen LogP contribution in [0.3, 0.4) is 0 Å². The summed E-state index contributed by atoms with van der Waals surface area (Å²) in [4.78, 5) is 28.0. The maximum atomic E-state index is 13.4. The number of nitrogens with zero attached hydrogens (tertiary/aromatic N) is 1. The number of benzene rings is 2. The van der Waals surface area contributed by atoms with Crippen molar-refractivity contribution in [2.45, 2.75) is 49.8 Å². The number of methoxy groups -OCH3 is 1. The summed E-state index contributed by atoms with van der Waals surface area (Å²) < 4.78 is 33.0.